The lowest BCUT2D eigenvalue weighted by atomic mass is 10.1. The molecule has 4 nitrogen and oxygen atoms in total. The zero-order chi connectivity index (χ0) is 12.9. The maximum absolute atomic E-state index is 12.3. The molecule has 0 bridgehead atoms. The van der Waals surface area contributed by atoms with Gasteiger partial charge in [0.05, 0.1) is 5.52 Å². The molecule has 2 aromatic rings. The van der Waals surface area contributed by atoms with Gasteiger partial charge in [0.25, 0.3) is 0 Å². The van der Waals surface area contributed by atoms with Crippen molar-refractivity contribution in [1.82, 2.24) is 4.57 Å². The van der Waals surface area contributed by atoms with E-state index in [1.54, 1.807) is 6.07 Å². The molecule has 0 fully saturated rings. The van der Waals surface area contributed by atoms with E-state index in [4.69, 9.17) is 0 Å². The quantitative estimate of drug-likeness (QED) is 0.832. The van der Waals surface area contributed by atoms with Gasteiger partial charge in [-0.1, -0.05) is 11.6 Å². The van der Waals surface area contributed by atoms with Crippen LogP contribution in [0.25, 0.3) is 10.9 Å². The van der Waals surface area contributed by atoms with Gasteiger partial charge in [0.2, 0.25) is 5.43 Å². The van der Waals surface area contributed by atoms with Crippen LogP contribution in [0.1, 0.15) is 28.0 Å². The predicted octanol–water partition coefficient (Wildman–Crippen LogP) is 1.95. The van der Waals surface area contributed by atoms with Crippen molar-refractivity contribution in [1.29, 1.82) is 0 Å². The van der Waals surface area contributed by atoms with Gasteiger partial charge in [0.1, 0.15) is 5.56 Å². The molecule has 4 heteroatoms. The number of fused-ring (bicyclic) bond motifs is 3. The molecule has 0 radical (unpaired) electrons. The lowest BCUT2D eigenvalue weighted by Gasteiger charge is -2.12. The number of rotatable bonds is 1. The number of carboxylic acids is 1. The Morgan fingerprint density at radius 3 is 2.89 bits per heavy atom. The Labute approximate surface area is 103 Å². The van der Waals surface area contributed by atoms with Gasteiger partial charge in [-0.2, -0.15) is 0 Å². The van der Waals surface area contributed by atoms with Crippen LogP contribution in [-0.4, -0.2) is 15.6 Å². The second-order valence-corrected chi connectivity index (χ2v) is 4.73. The van der Waals surface area contributed by atoms with Gasteiger partial charge < -0.3 is 9.67 Å². The molecule has 0 aliphatic carbocycles. The van der Waals surface area contributed by atoms with E-state index in [-0.39, 0.29) is 11.0 Å². The molecule has 2 heterocycles. The molecule has 0 atom stereocenters. The van der Waals surface area contributed by atoms with Crippen LogP contribution < -0.4 is 5.43 Å². The topological polar surface area (TPSA) is 59.3 Å². The van der Waals surface area contributed by atoms with Crippen LogP contribution in [-0.2, 0) is 13.0 Å². The Morgan fingerprint density at radius 2 is 2.17 bits per heavy atom. The van der Waals surface area contributed by atoms with Crippen molar-refractivity contribution in [2.24, 2.45) is 0 Å². The van der Waals surface area contributed by atoms with Crippen LogP contribution in [0, 0.1) is 6.92 Å². The molecule has 1 aromatic heterocycles. The Kier molecular flexibility index (Phi) is 2.26. The minimum atomic E-state index is -1.12. The van der Waals surface area contributed by atoms with Gasteiger partial charge in [0.15, 0.2) is 0 Å². The van der Waals surface area contributed by atoms with E-state index >= 15 is 0 Å². The van der Waals surface area contributed by atoms with Gasteiger partial charge >= 0.3 is 5.97 Å². The minimum absolute atomic E-state index is 0.0504. The molecule has 0 saturated heterocycles. The van der Waals surface area contributed by atoms with Crippen molar-refractivity contribution in [3.05, 3.63) is 45.2 Å². The summed E-state index contributed by atoms with van der Waals surface area (Å²) in [6, 6.07) is 5.63. The van der Waals surface area contributed by atoms with E-state index < -0.39 is 5.97 Å². The zero-order valence-corrected chi connectivity index (χ0v) is 10.1. The average Bonchev–Trinajstić information content (AvgIpc) is 2.77. The number of aromatic nitrogens is 1. The Balaban J connectivity index is 2.54. The zero-order valence-electron chi connectivity index (χ0n) is 10.1. The molecule has 92 valence electrons. The monoisotopic (exact) mass is 243 g/mol. The van der Waals surface area contributed by atoms with E-state index in [9.17, 15) is 14.7 Å². The number of hydrogen-bond acceptors (Lipinski definition) is 2. The van der Waals surface area contributed by atoms with Gasteiger partial charge in [-0.3, -0.25) is 4.79 Å². The van der Waals surface area contributed by atoms with Crippen molar-refractivity contribution in [2.45, 2.75) is 26.3 Å². The normalized spacial score (nSPS) is 13.8. The van der Waals surface area contributed by atoms with Gasteiger partial charge in [-0.15, -0.1) is 0 Å². The lowest BCUT2D eigenvalue weighted by molar-refractivity contribution is 0.0694. The smallest absolute Gasteiger partial charge is 0.341 e. The fourth-order valence-corrected chi connectivity index (χ4v) is 2.75. The highest BCUT2D eigenvalue weighted by molar-refractivity contribution is 5.94. The van der Waals surface area contributed by atoms with Crippen LogP contribution in [0.5, 0.6) is 0 Å². The van der Waals surface area contributed by atoms with Crippen molar-refractivity contribution in [3.8, 4) is 0 Å². The summed E-state index contributed by atoms with van der Waals surface area (Å²) in [6.45, 7) is 2.69. The molecule has 0 saturated carbocycles. The first-order valence-electron chi connectivity index (χ1n) is 5.99. The molecule has 0 amide bonds. The number of hydrogen-bond donors (Lipinski definition) is 1. The van der Waals surface area contributed by atoms with Gasteiger partial charge in [0, 0.05) is 17.6 Å². The minimum Gasteiger partial charge on any atom is -0.477 e. The van der Waals surface area contributed by atoms with E-state index in [0.717, 1.165) is 24.0 Å². The summed E-state index contributed by atoms with van der Waals surface area (Å²) in [5.74, 6) is -1.12. The standard InChI is InChI=1S/C14H13NO3/c1-8-4-5-10-9(7-8)13(16)12(14(17)18)11-3-2-6-15(10)11/h4-5,7H,2-3,6H2,1H3,(H,17,18). The lowest BCUT2D eigenvalue weighted by Crippen LogP contribution is -2.21. The summed E-state index contributed by atoms with van der Waals surface area (Å²) in [6.07, 6.45) is 1.56. The molecular formula is C14H13NO3. The van der Waals surface area contributed by atoms with E-state index in [0.29, 0.717) is 17.5 Å². The molecule has 1 aromatic carbocycles. The molecule has 0 spiro atoms. The molecule has 1 aliphatic heterocycles. The number of carboxylic acid groups (broad SMARTS) is 1. The van der Waals surface area contributed by atoms with E-state index in [1.165, 1.54) is 0 Å². The molecule has 18 heavy (non-hydrogen) atoms. The third-order valence-electron chi connectivity index (χ3n) is 3.54. The predicted molar refractivity (Wildman–Crippen MR) is 68.2 cm³/mol. The molecule has 1 aliphatic rings. The summed E-state index contributed by atoms with van der Waals surface area (Å²) in [5.41, 5.74) is 2.08. The second-order valence-electron chi connectivity index (χ2n) is 4.73. The van der Waals surface area contributed by atoms with Crippen molar-refractivity contribution in [2.75, 3.05) is 0 Å². The Bertz CT molecular complexity index is 728. The first kappa shape index (κ1) is 11.0. The highest BCUT2D eigenvalue weighted by atomic mass is 16.4. The van der Waals surface area contributed by atoms with Crippen LogP contribution in [0.3, 0.4) is 0 Å². The summed E-state index contributed by atoms with van der Waals surface area (Å²) in [7, 11) is 0. The maximum atomic E-state index is 12.3. The first-order valence-corrected chi connectivity index (χ1v) is 5.99. The number of nitrogens with zero attached hydrogens (tertiary/aromatic N) is 1. The Morgan fingerprint density at radius 1 is 1.39 bits per heavy atom. The van der Waals surface area contributed by atoms with E-state index in [2.05, 4.69) is 0 Å². The summed E-state index contributed by atoms with van der Waals surface area (Å²) in [5, 5.41) is 9.76. The first-order chi connectivity index (χ1) is 8.59. The largest absolute Gasteiger partial charge is 0.477 e. The summed E-state index contributed by atoms with van der Waals surface area (Å²) < 4.78 is 1.97. The van der Waals surface area contributed by atoms with Crippen molar-refractivity contribution < 1.29 is 9.90 Å². The average molecular weight is 243 g/mol. The van der Waals surface area contributed by atoms with Crippen LogP contribution in [0.15, 0.2) is 23.0 Å². The number of carbonyl (C=O) groups is 1. The molecule has 3 rings (SSSR count). The number of aromatic carboxylic acids is 1. The Hall–Kier alpha value is -2.10. The number of aryl methyl sites for hydroxylation is 2. The van der Waals surface area contributed by atoms with Crippen molar-refractivity contribution >= 4 is 16.9 Å². The SMILES string of the molecule is Cc1ccc2c(c1)c(=O)c(C(=O)O)c1n2CCC1. The van der Waals surface area contributed by atoms with Gasteiger partial charge in [-0.05, 0) is 31.9 Å². The highest BCUT2D eigenvalue weighted by Crippen LogP contribution is 2.24. The fraction of sp³-hybridized carbons (Fsp3) is 0.286. The summed E-state index contributed by atoms with van der Waals surface area (Å²) >= 11 is 0. The molecule has 1 N–H and O–H groups in total. The molecular weight excluding hydrogens is 230 g/mol. The third kappa shape index (κ3) is 1.38. The number of benzene rings is 1. The van der Waals surface area contributed by atoms with E-state index in [1.807, 2.05) is 23.6 Å². The third-order valence-corrected chi connectivity index (χ3v) is 3.54. The van der Waals surface area contributed by atoms with Crippen molar-refractivity contribution in [3.63, 3.8) is 0 Å². The second kappa shape index (κ2) is 3.70. The highest BCUT2D eigenvalue weighted by Gasteiger charge is 2.24. The number of pyridine rings is 1. The van der Waals surface area contributed by atoms with Crippen LogP contribution in [0.4, 0.5) is 0 Å². The van der Waals surface area contributed by atoms with Crippen LogP contribution in [0.2, 0.25) is 0 Å². The fourth-order valence-electron chi connectivity index (χ4n) is 2.75. The van der Waals surface area contributed by atoms with Crippen LogP contribution >= 0.6 is 0 Å². The van der Waals surface area contributed by atoms with Gasteiger partial charge in [-0.25, -0.2) is 4.79 Å². The summed E-state index contributed by atoms with van der Waals surface area (Å²) in [4.78, 5) is 23.6. The maximum Gasteiger partial charge on any atom is 0.341 e. The molecule has 0 unspecified atom stereocenters.